The number of ether oxygens (including phenoxy) is 2. The summed E-state index contributed by atoms with van der Waals surface area (Å²) < 4.78 is 51.9. The van der Waals surface area contributed by atoms with E-state index in [-0.39, 0.29) is 18.6 Å². The smallest absolute Gasteiger partial charge is 0.416 e. The average Bonchev–Trinajstić information content (AvgIpc) is 3.43. The van der Waals surface area contributed by atoms with Crippen molar-refractivity contribution in [1.82, 2.24) is 0 Å². The third-order valence-electron chi connectivity index (χ3n) is 5.85. The summed E-state index contributed by atoms with van der Waals surface area (Å²) in [6.45, 7) is 7.95. The van der Waals surface area contributed by atoms with Crippen molar-refractivity contribution >= 4 is 11.8 Å². The van der Waals surface area contributed by atoms with E-state index < -0.39 is 17.3 Å². The molecule has 1 amide bonds. The summed E-state index contributed by atoms with van der Waals surface area (Å²) in [7, 11) is 0. The monoisotopic (exact) mass is 447 g/mol. The fourth-order valence-electron chi connectivity index (χ4n) is 4.15. The fraction of sp³-hybridized carbons (Fsp3) is 0.480. The van der Waals surface area contributed by atoms with Crippen LogP contribution in [-0.2, 0) is 23.9 Å². The van der Waals surface area contributed by atoms with Crippen LogP contribution in [-0.4, -0.2) is 18.2 Å². The normalized spacial score (nSPS) is 16.2. The van der Waals surface area contributed by atoms with Gasteiger partial charge in [-0.1, -0.05) is 12.1 Å². The molecule has 0 N–H and O–H groups in total. The first kappa shape index (κ1) is 22.5. The fourth-order valence-corrected chi connectivity index (χ4v) is 4.15. The maximum Gasteiger partial charge on any atom is 0.416 e. The molecular weight excluding hydrogens is 419 g/mol. The zero-order valence-electron chi connectivity index (χ0n) is 18.8. The minimum absolute atomic E-state index is 0.0217. The quantitative estimate of drug-likeness (QED) is 0.519. The highest BCUT2D eigenvalue weighted by Crippen LogP contribution is 2.46. The molecule has 0 aromatic heterocycles. The molecule has 1 heterocycles. The molecule has 0 unspecified atom stereocenters. The van der Waals surface area contributed by atoms with Gasteiger partial charge in [-0.15, -0.1) is 0 Å². The molecule has 1 saturated carbocycles. The van der Waals surface area contributed by atoms with Crippen LogP contribution in [0.3, 0.4) is 0 Å². The summed E-state index contributed by atoms with van der Waals surface area (Å²) in [5.41, 5.74) is 2.40. The lowest BCUT2D eigenvalue weighted by atomic mass is 10.00. The molecule has 0 saturated heterocycles. The Bertz CT molecular complexity index is 1040. The molecule has 1 aliphatic heterocycles. The highest BCUT2D eigenvalue weighted by atomic mass is 19.4. The van der Waals surface area contributed by atoms with E-state index in [9.17, 15) is 18.0 Å². The second-order valence-electron chi connectivity index (χ2n) is 9.55. The van der Waals surface area contributed by atoms with Gasteiger partial charge in [0.05, 0.1) is 11.3 Å². The molecule has 0 spiro atoms. The Balaban J connectivity index is 1.50. The predicted octanol–water partition coefficient (Wildman–Crippen LogP) is 6.77. The van der Waals surface area contributed by atoms with Crippen molar-refractivity contribution in [2.75, 3.05) is 11.4 Å². The number of carbonyl (C=O) groups excluding carboxylic acids is 1. The SMILES string of the molecule is Cc1c(OCc2ccc(C3CC3)c(C(F)(F)F)c2)ccc2c1CCN2C(=O)OC(C)(C)C. The van der Waals surface area contributed by atoms with E-state index >= 15 is 0 Å². The topological polar surface area (TPSA) is 38.8 Å². The number of anilines is 1. The van der Waals surface area contributed by atoms with E-state index in [1.807, 2.05) is 33.8 Å². The third-order valence-corrected chi connectivity index (χ3v) is 5.85. The molecule has 7 heteroatoms. The standard InChI is InChI=1S/C25H28F3NO3/c1-15-18-11-12-29(23(30)32-24(2,3)4)21(18)9-10-22(15)31-14-16-5-8-19(17-6-7-17)20(13-16)25(26,27)28/h5,8-10,13,17H,6-7,11-12,14H2,1-4H3. The first-order chi connectivity index (χ1) is 14.9. The van der Waals surface area contributed by atoms with Gasteiger partial charge in [0.1, 0.15) is 18.0 Å². The van der Waals surface area contributed by atoms with Crippen molar-refractivity contribution in [1.29, 1.82) is 0 Å². The molecule has 1 aliphatic carbocycles. The maximum absolute atomic E-state index is 13.5. The first-order valence-electron chi connectivity index (χ1n) is 10.9. The summed E-state index contributed by atoms with van der Waals surface area (Å²) in [6, 6.07) is 8.09. The summed E-state index contributed by atoms with van der Waals surface area (Å²) in [5, 5.41) is 0. The predicted molar refractivity (Wildman–Crippen MR) is 116 cm³/mol. The average molecular weight is 447 g/mol. The van der Waals surface area contributed by atoms with Gasteiger partial charge in [0, 0.05) is 6.54 Å². The lowest BCUT2D eigenvalue weighted by molar-refractivity contribution is -0.138. The number of alkyl halides is 3. The highest BCUT2D eigenvalue weighted by Gasteiger charge is 2.38. The van der Waals surface area contributed by atoms with Crippen molar-refractivity contribution in [3.63, 3.8) is 0 Å². The van der Waals surface area contributed by atoms with E-state index in [0.29, 0.717) is 29.8 Å². The summed E-state index contributed by atoms with van der Waals surface area (Å²) in [6.07, 6.45) is -2.46. The van der Waals surface area contributed by atoms with Crippen LogP contribution in [0.5, 0.6) is 5.75 Å². The molecule has 0 atom stereocenters. The Morgan fingerprint density at radius 2 is 1.84 bits per heavy atom. The van der Waals surface area contributed by atoms with Gasteiger partial charge in [-0.05, 0) is 93.3 Å². The number of amides is 1. The summed E-state index contributed by atoms with van der Waals surface area (Å²) in [4.78, 5) is 14.1. The second-order valence-corrected chi connectivity index (χ2v) is 9.55. The third kappa shape index (κ3) is 4.71. The number of nitrogens with zero attached hydrogens (tertiary/aromatic N) is 1. The van der Waals surface area contributed by atoms with Crippen LogP contribution in [0.2, 0.25) is 0 Å². The Morgan fingerprint density at radius 3 is 2.47 bits per heavy atom. The van der Waals surface area contributed by atoms with Crippen LogP contribution in [0.25, 0.3) is 0 Å². The largest absolute Gasteiger partial charge is 0.489 e. The number of halogens is 3. The zero-order chi connectivity index (χ0) is 23.3. The molecule has 172 valence electrons. The van der Waals surface area contributed by atoms with Gasteiger partial charge >= 0.3 is 12.3 Å². The minimum Gasteiger partial charge on any atom is -0.489 e. The van der Waals surface area contributed by atoms with E-state index in [4.69, 9.17) is 9.47 Å². The Hall–Kier alpha value is -2.70. The molecule has 2 aromatic carbocycles. The van der Waals surface area contributed by atoms with Gasteiger partial charge in [0.15, 0.2) is 0 Å². The van der Waals surface area contributed by atoms with Crippen molar-refractivity contribution in [3.8, 4) is 5.75 Å². The van der Waals surface area contributed by atoms with E-state index in [1.54, 1.807) is 23.1 Å². The summed E-state index contributed by atoms with van der Waals surface area (Å²) >= 11 is 0. The number of hydrogen-bond acceptors (Lipinski definition) is 3. The lowest BCUT2D eigenvalue weighted by Crippen LogP contribution is -2.35. The molecule has 0 radical (unpaired) electrons. The van der Waals surface area contributed by atoms with Crippen molar-refractivity contribution in [2.45, 2.75) is 71.3 Å². The molecule has 0 bridgehead atoms. The van der Waals surface area contributed by atoms with Gasteiger partial charge in [0.25, 0.3) is 0 Å². The molecule has 2 aliphatic rings. The van der Waals surface area contributed by atoms with Gasteiger partial charge in [-0.3, -0.25) is 4.90 Å². The Morgan fingerprint density at radius 1 is 1.12 bits per heavy atom. The van der Waals surface area contributed by atoms with Crippen molar-refractivity contribution < 1.29 is 27.4 Å². The molecule has 2 aromatic rings. The van der Waals surface area contributed by atoms with Crippen molar-refractivity contribution in [3.05, 3.63) is 58.1 Å². The minimum atomic E-state index is -4.37. The van der Waals surface area contributed by atoms with Crippen LogP contribution >= 0.6 is 0 Å². The van der Waals surface area contributed by atoms with Crippen molar-refractivity contribution in [2.24, 2.45) is 0 Å². The van der Waals surface area contributed by atoms with Crippen LogP contribution < -0.4 is 9.64 Å². The van der Waals surface area contributed by atoms with E-state index in [2.05, 4.69) is 0 Å². The molecule has 4 nitrogen and oxygen atoms in total. The van der Waals surface area contributed by atoms with Crippen LogP contribution in [0.15, 0.2) is 30.3 Å². The molecule has 32 heavy (non-hydrogen) atoms. The number of rotatable bonds is 4. The van der Waals surface area contributed by atoms with Gasteiger partial charge in [-0.2, -0.15) is 13.2 Å². The number of hydrogen-bond donors (Lipinski definition) is 0. The zero-order valence-corrected chi connectivity index (χ0v) is 18.8. The van der Waals surface area contributed by atoms with Crippen LogP contribution in [0.1, 0.15) is 67.3 Å². The Labute approximate surface area is 186 Å². The van der Waals surface area contributed by atoms with Crippen LogP contribution in [0, 0.1) is 6.92 Å². The van der Waals surface area contributed by atoms with Crippen LogP contribution in [0.4, 0.5) is 23.7 Å². The van der Waals surface area contributed by atoms with Gasteiger partial charge < -0.3 is 9.47 Å². The summed E-state index contributed by atoms with van der Waals surface area (Å²) in [5.74, 6) is 0.628. The molecule has 1 fully saturated rings. The van der Waals surface area contributed by atoms with E-state index in [0.717, 1.165) is 29.7 Å². The second kappa shape index (κ2) is 8.01. The number of carbonyl (C=O) groups is 1. The maximum atomic E-state index is 13.5. The molecular formula is C25H28F3NO3. The Kier molecular flexibility index (Phi) is 5.63. The van der Waals surface area contributed by atoms with Gasteiger partial charge in [0.2, 0.25) is 0 Å². The number of fused-ring (bicyclic) bond motifs is 1. The lowest BCUT2D eigenvalue weighted by Gasteiger charge is -2.25. The first-order valence-corrected chi connectivity index (χ1v) is 10.9. The molecule has 4 rings (SSSR count). The highest BCUT2D eigenvalue weighted by molar-refractivity contribution is 5.91. The van der Waals surface area contributed by atoms with Gasteiger partial charge in [-0.25, -0.2) is 4.79 Å². The van der Waals surface area contributed by atoms with E-state index in [1.165, 1.54) is 6.07 Å². The number of benzene rings is 2.